The topological polar surface area (TPSA) is 70.5 Å². The SMILES string of the molecule is CC(C)(C)[Si](OC1(O[Si](c2ccccc2)(c2ccccc2)C(C)(C)C)C=CC(CN)=C(CN)C1)(c1ccccc1)c1ccccc1. The number of rotatable bonds is 10. The Kier molecular flexibility index (Phi) is 9.90. The highest BCUT2D eigenvalue weighted by Crippen LogP contribution is 2.47. The molecule has 0 bridgehead atoms. The maximum atomic E-state index is 8.06. The number of benzene rings is 4. The van der Waals surface area contributed by atoms with Gasteiger partial charge in [0.25, 0.3) is 16.6 Å². The van der Waals surface area contributed by atoms with Crippen molar-refractivity contribution in [3.05, 3.63) is 145 Å². The Bertz CT molecular complexity index is 1460. The lowest BCUT2D eigenvalue weighted by Crippen LogP contribution is -2.74. The smallest absolute Gasteiger partial charge is 0.265 e. The van der Waals surface area contributed by atoms with Gasteiger partial charge in [0.05, 0.1) is 0 Å². The average Bonchev–Trinajstić information content (AvgIpc) is 3.06. The zero-order valence-electron chi connectivity index (χ0n) is 28.3. The van der Waals surface area contributed by atoms with Gasteiger partial charge in [0.1, 0.15) is 0 Å². The Morgan fingerprint density at radius 3 is 1.13 bits per heavy atom. The van der Waals surface area contributed by atoms with Crippen molar-refractivity contribution in [2.45, 2.75) is 63.8 Å². The molecule has 0 saturated carbocycles. The first-order valence-corrected chi connectivity index (χ1v) is 20.2. The highest BCUT2D eigenvalue weighted by Gasteiger charge is 2.60. The van der Waals surface area contributed by atoms with E-state index in [1.807, 2.05) is 0 Å². The van der Waals surface area contributed by atoms with Gasteiger partial charge in [-0.15, -0.1) is 0 Å². The molecule has 0 unspecified atom stereocenters. The summed E-state index contributed by atoms with van der Waals surface area (Å²) in [6.07, 6.45) is 4.77. The standard InChI is InChI=1S/C40H50N2O2Si2/c1-38(2,3)45(34-19-11-7-12-20-34,35-21-13-8-14-22-35)43-40(28-27-32(30-41)33(29-40)31-42)44-46(39(4,5)6,36-23-15-9-16-24-36)37-25-17-10-18-26-37/h7-28H,29-31,41-42H2,1-6H3. The summed E-state index contributed by atoms with van der Waals surface area (Å²) in [5, 5.41) is 4.30. The van der Waals surface area contributed by atoms with Crippen LogP contribution in [-0.4, -0.2) is 35.5 Å². The van der Waals surface area contributed by atoms with Crippen molar-refractivity contribution in [2.75, 3.05) is 13.1 Å². The maximum Gasteiger partial charge on any atom is 0.265 e. The Morgan fingerprint density at radius 1 is 0.543 bits per heavy atom. The van der Waals surface area contributed by atoms with Gasteiger partial charge in [-0.05, 0) is 48.0 Å². The molecule has 4 aromatic rings. The van der Waals surface area contributed by atoms with E-state index in [4.69, 9.17) is 20.3 Å². The summed E-state index contributed by atoms with van der Waals surface area (Å²) in [7, 11) is -6.19. The lowest BCUT2D eigenvalue weighted by Gasteiger charge is -2.54. The monoisotopic (exact) mass is 646 g/mol. The van der Waals surface area contributed by atoms with E-state index in [9.17, 15) is 0 Å². The molecule has 0 spiro atoms. The van der Waals surface area contributed by atoms with Crippen LogP contribution in [-0.2, 0) is 8.85 Å². The molecule has 0 fully saturated rings. The fourth-order valence-electron chi connectivity index (χ4n) is 7.21. The minimum absolute atomic E-state index is 0.258. The Balaban J connectivity index is 1.86. The summed E-state index contributed by atoms with van der Waals surface area (Å²) in [5.41, 5.74) is 14.9. The predicted octanol–water partition coefficient (Wildman–Crippen LogP) is 6.01. The molecular weight excluding hydrogens is 597 g/mol. The van der Waals surface area contributed by atoms with Gasteiger partial charge in [0.2, 0.25) is 0 Å². The molecule has 0 amide bonds. The third kappa shape index (κ3) is 6.18. The van der Waals surface area contributed by atoms with Crippen molar-refractivity contribution in [3.63, 3.8) is 0 Å². The number of hydrogen-bond donors (Lipinski definition) is 2. The van der Waals surface area contributed by atoms with E-state index in [-0.39, 0.29) is 10.1 Å². The van der Waals surface area contributed by atoms with Crippen LogP contribution in [0, 0.1) is 0 Å². The molecule has 0 saturated heterocycles. The quantitative estimate of drug-likeness (QED) is 0.164. The lowest BCUT2D eigenvalue weighted by molar-refractivity contribution is -0.0871. The molecule has 0 aromatic heterocycles. The van der Waals surface area contributed by atoms with E-state index in [0.29, 0.717) is 19.5 Å². The van der Waals surface area contributed by atoms with Crippen molar-refractivity contribution in [1.29, 1.82) is 0 Å². The molecule has 6 heteroatoms. The van der Waals surface area contributed by atoms with E-state index in [1.54, 1.807) is 0 Å². The van der Waals surface area contributed by atoms with E-state index >= 15 is 0 Å². The summed E-state index contributed by atoms with van der Waals surface area (Å²) >= 11 is 0. The van der Waals surface area contributed by atoms with Crippen molar-refractivity contribution in [1.82, 2.24) is 0 Å². The van der Waals surface area contributed by atoms with Crippen LogP contribution in [0.2, 0.25) is 10.1 Å². The molecular formula is C40H50N2O2Si2. The zero-order chi connectivity index (χ0) is 33.1. The normalized spacial score (nSPS) is 15.7. The second kappa shape index (κ2) is 13.4. The first-order valence-electron chi connectivity index (χ1n) is 16.4. The second-order valence-electron chi connectivity index (χ2n) is 14.4. The first kappa shape index (κ1) is 34.0. The van der Waals surface area contributed by atoms with Gasteiger partial charge in [-0.2, -0.15) is 0 Å². The van der Waals surface area contributed by atoms with Gasteiger partial charge in [0.15, 0.2) is 5.79 Å². The second-order valence-corrected chi connectivity index (χ2v) is 22.8. The molecule has 0 radical (unpaired) electrons. The van der Waals surface area contributed by atoms with Gasteiger partial charge < -0.3 is 20.3 Å². The summed E-state index contributed by atoms with van der Waals surface area (Å²) in [6.45, 7) is 14.7. The van der Waals surface area contributed by atoms with Gasteiger partial charge in [0, 0.05) is 19.5 Å². The largest absolute Gasteiger partial charge is 0.378 e. The lowest BCUT2D eigenvalue weighted by atomic mass is 9.93. The highest BCUT2D eigenvalue weighted by atomic mass is 28.4. The predicted molar refractivity (Wildman–Crippen MR) is 199 cm³/mol. The van der Waals surface area contributed by atoms with Crippen LogP contribution >= 0.6 is 0 Å². The molecule has 0 aliphatic heterocycles. The fourth-order valence-corrected chi connectivity index (χ4v) is 16.6. The van der Waals surface area contributed by atoms with Crippen molar-refractivity contribution in [2.24, 2.45) is 11.5 Å². The Morgan fingerprint density at radius 2 is 0.870 bits per heavy atom. The van der Waals surface area contributed by atoms with Gasteiger partial charge >= 0.3 is 0 Å². The minimum Gasteiger partial charge on any atom is -0.378 e. The van der Waals surface area contributed by atoms with Crippen molar-refractivity contribution in [3.8, 4) is 0 Å². The van der Waals surface area contributed by atoms with E-state index in [2.05, 4.69) is 175 Å². The molecule has 240 valence electrons. The number of nitrogens with two attached hydrogens (primary N) is 2. The Hall–Kier alpha value is -3.37. The molecule has 1 aliphatic carbocycles. The van der Waals surface area contributed by atoms with Gasteiger partial charge in [-0.1, -0.05) is 169 Å². The minimum atomic E-state index is -3.09. The summed E-state index contributed by atoms with van der Waals surface area (Å²) < 4.78 is 16.1. The summed E-state index contributed by atoms with van der Waals surface area (Å²) in [5.74, 6) is -1.12. The van der Waals surface area contributed by atoms with Crippen LogP contribution in [0.4, 0.5) is 0 Å². The summed E-state index contributed by atoms with van der Waals surface area (Å²) in [4.78, 5) is 0. The first-order chi connectivity index (χ1) is 21.9. The van der Waals surface area contributed by atoms with E-state index in [1.165, 1.54) is 20.7 Å². The molecule has 0 atom stereocenters. The fraction of sp³-hybridized carbons (Fsp3) is 0.300. The van der Waals surface area contributed by atoms with Crippen LogP contribution in [0.1, 0.15) is 48.0 Å². The molecule has 4 aromatic carbocycles. The van der Waals surface area contributed by atoms with Crippen LogP contribution in [0.5, 0.6) is 0 Å². The van der Waals surface area contributed by atoms with E-state index < -0.39 is 22.4 Å². The molecule has 1 aliphatic rings. The highest BCUT2D eigenvalue weighted by molar-refractivity contribution is 7.00. The maximum absolute atomic E-state index is 8.06. The van der Waals surface area contributed by atoms with Crippen molar-refractivity contribution >= 4 is 37.4 Å². The van der Waals surface area contributed by atoms with Gasteiger partial charge in [-0.3, -0.25) is 0 Å². The zero-order valence-corrected chi connectivity index (χ0v) is 30.3. The average molecular weight is 647 g/mol. The van der Waals surface area contributed by atoms with Crippen LogP contribution < -0.4 is 32.2 Å². The van der Waals surface area contributed by atoms with E-state index in [0.717, 1.165) is 11.1 Å². The van der Waals surface area contributed by atoms with Crippen LogP contribution in [0.3, 0.4) is 0 Å². The molecule has 46 heavy (non-hydrogen) atoms. The molecule has 0 heterocycles. The van der Waals surface area contributed by atoms with Crippen LogP contribution in [0.25, 0.3) is 0 Å². The molecule has 5 rings (SSSR count). The Labute approximate surface area is 278 Å². The summed E-state index contributed by atoms with van der Waals surface area (Å²) in [6, 6.07) is 43.2. The molecule has 4 N–H and O–H groups in total. The van der Waals surface area contributed by atoms with Crippen molar-refractivity contribution < 1.29 is 8.85 Å². The third-order valence-electron chi connectivity index (χ3n) is 9.40. The van der Waals surface area contributed by atoms with Crippen LogP contribution in [0.15, 0.2) is 145 Å². The van der Waals surface area contributed by atoms with Gasteiger partial charge in [-0.25, -0.2) is 0 Å². The molecule has 4 nitrogen and oxygen atoms in total. The number of hydrogen-bond acceptors (Lipinski definition) is 4. The third-order valence-corrected chi connectivity index (χ3v) is 19.5.